The van der Waals surface area contributed by atoms with Crippen LogP contribution in [0.1, 0.15) is 11.3 Å². The van der Waals surface area contributed by atoms with Crippen LogP contribution in [0, 0.1) is 0 Å². The summed E-state index contributed by atoms with van der Waals surface area (Å²) in [7, 11) is 0. The van der Waals surface area contributed by atoms with Crippen LogP contribution in [0.4, 0.5) is 0 Å². The predicted octanol–water partition coefficient (Wildman–Crippen LogP) is 1.42. The predicted molar refractivity (Wildman–Crippen MR) is 61.0 cm³/mol. The molecule has 2 rings (SSSR count). The Hall–Kier alpha value is -2.30. The van der Waals surface area contributed by atoms with Crippen LogP contribution in [-0.2, 0) is 22.4 Å². The van der Waals surface area contributed by atoms with Crippen LogP contribution in [0.2, 0.25) is 0 Å². The molecule has 3 N–H and O–H groups in total. The highest BCUT2D eigenvalue weighted by Gasteiger charge is 2.09. The summed E-state index contributed by atoms with van der Waals surface area (Å²) in [5.41, 5.74) is 1.93. The van der Waals surface area contributed by atoms with Gasteiger partial charge in [0, 0.05) is 11.2 Å². The molecule has 0 bridgehead atoms. The Morgan fingerprint density at radius 1 is 1.12 bits per heavy atom. The summed E-state index contributed by atoms with van der Waals surface area (Å²) in [6, 6.07) is 7.04. The molecule has 88 valence electrons. The maximum atomic E-state index is 10.7. The molecular formula is C12H11NO4. The van der Waals surface area contributed by atoms with Gasteiger partial charge >= 0.3 is 11.9 Å². The fourth-order valence-electron chi connectivity index (χ4n) is 1.85. The summed E-state index contributed by atoms with van der Waals surface area (Å²) in [4.78, 5) is 24.2. The Bertz CT molecular complexity index is 585. The second-order valence-corrected chi connectivity index (χ2v) is 3.82. The molecule has 1 heterocycles. The number of aliphatic carboxylic acids is 2. The molecule has 0 atom stereocenters. The van der Waals surface area contributed by atoms with Gasteiger partial charge < -0.3 is 15.2 Å². The van der Waals surface area contributed by atoms with Gasteiger partial charge in [0.15, 0.2) is 0 Å². The first-order valence-corrected chi connectivity index (χ1v) is 5.09. The summed E-state index contributed by atoms with van der Waals surface area (Å²) in [5.74, 6) is -1.83. The van der Waals surface area contributed by atoms with Crippen LogP contribution in [-0.4, -0.2) is 27.1 Å². The van der Waals surface area contributed by atoms with Crippen LogP contribution in [0.3, 0.4) is 0 Å². The van der Waals surface area contributed by atoms with Crippen molar-refractivity contribution in [3.8, 4) is 0 Å². The van der Waals surface area contributed by atoms with Gasteiger partial charge in [0.1, 0.15) is 0 Å². The zero-order valence-electron chi connectivity index (χ0n) is 8.93. The second-order valence-electron chi connectivity index (χ2n) is 3.82. The SMILES string of the molecule is O=C(O)Cc1cc2cccc(CC(=O)O)c2[nH]1. The molecule has 0 fully saturated rings. The van der Waals surface area contributed by atoms with E-state index in [-0.39, 0.29) is 12.8 Å². The van der Waals surface area contributed by atoms with Crippen molar-refractivity contribution < 1.29 is 19.8 Å². The Labute approximate surface area is 96.7 Å². The van der Waals surface area contributed by atoms with Gasteiger partial charge in [-0.3, -0.25) is 9.59 Å². The van der Waals surface area contributed by atoms with Gasteiger partial charge in [-0.15, -0.1) is 0 Å². The number of fused-ring (bicyclic) bond motifs is 1. The molecule has 5 nitrogen and oxygen atoms in total. The molecule has 1 aromatic heterocycles. The minimum atomic E-state index is -0.920. The van der Waals surface area contributed by atoms with E-state index in [2.05, 4.69) is 4.98 Å². The molecule has 0 radical (unpaired) electrons. The van der Waals surface area contributed by atoms with Crippen molar-refractivity contribution in [2.24, 2.45) is 0 Å². The van der Waals surface area contributed by atoms with Crippen molar-refractivity contribution in [2.75, 3.05) is 0 Å². The molecule has 0 unspecified atom stereocenters. The minimum Gasteiger partial charge on any atom is -0.481 e. The van der Waals surface area contributed by atoms with Crippen molar-refractivity contribution in [1.82, 2.24) is 4.98 Å². The first-order chi connectivity index (χ1) is 8.06. The summed E-state index contributed by atoms with van der Waals surface area (Å²) in [6.07, 6.45) is -0.175. The standard InChI is InChI=1S/C12H11NO4/c14-10(15)5-8-3-1-2-7-4-9(6-11(16)17)13-12(7)8/h1-4,13H,5-6H2,(H,14,15)(H,16,17). The summed E-state index contributed by atoms with van der Waals surface area (Å²) < 4.78 is 0. The number of hydrogen-bond acceptors (Lipinski definition) is 2. The van der Waals surface area contributed by atoms with Crippen LogP contribution >= 0.6 is 0 Å². The zero-order valence-corrected chi connectivity index (χ0v) is 8.93. The molecule has 0 amide bonds. The molecule has 5 heteroatoms. The van der Waals surface area contributed by atoms with Gasteiger partial charge in [-0.2, -0.15) is 0 Å². The van der Waals surface area contributed by atoms with Gasteiger partial charge in [-0.25, -0.2) is 0 Å². The highest BCUT2D eigenvalue weighted by atomic mass is 16.4. The molecule has 0 saturated heterocycles. The summed E-state index contributed by atoms with van der Waals surface area (Å²) >= 11 is 0. The van der Waals surface area contributed by atoms with E-state index in [1.165, 1.54) is 0 Å². The Morgan fingerprint density at radius 2 is 1.82 bits per heavy atom. The smallest absolute Gasteiger partial charge is 0.309 e. The van der Waals surface area contributed by atoms with E-state index in [9.17, 15) is 9.59 Å². The van der Waals surface area contributed by atoms with Crippen LogP contribution in [0.15, 0.2) is 24.3 Å². The number of para-hydroxylation sites is 1. The number of aromatic amines is 1. The average Bonchev–Trinajstić information content (AvgIpc) is 2.59. The lowest BCUT2D eigenvalue weighted by atomic mass is 10.1. The summed E-state index contributed by atoms with van der Waals surface area (Å²) in [5, 5.41) is 18.3. The molecule has 0 saturated carbocycles. The lowest BCUT2D eigenvalue weighted by molar-refractivity contribution is -0.137. The van der Waals surface area contributed by atoms with E-state index >= 15 is 0 Å². The van der Waals surface area contributed by atoms with Crippen molar-refractivity contribution in [2.45, 2.75) is 12.8 Å². The third-order valence-corrected chi connectivity index (χ3v) is 2.48. The topological polar surface area (TPSA) is 90.4 Å². The lowest BCUT2D eigenvalue weighted by Gasteiger charge is -1.98. The van der Waals surface area contributed by atoms with Gasteiger partial charge in [0.05, 0.1) is 12.8 Å². The number of carbonyl (C=O) groups is 2. The highest BCUT2D eigenvalue weighted by Crippen LogP contribution is 2.20. The molecule has 0 aliphatic carbocycles. The van der Waals surface area contributed by atoms with Gasteiger partial charge in [-0.1, -0.05) is 18.2 Å². The lowest BCUT2D eigenvalue weighted by Crippen LogP contribution is -2.01. The van der Waals surface area contributed by atoms with Crippen LogP contribution < -0.4 is 0 Å². The van der Waals surface area contributed by atoms with Crippen molar-refractivity contribution >= 4 is 22.8 Å². The maximum absolute atomic E-state index is 10.7. The third-order valence-electron chi connectivity index (χ3n) is 2.48. The molecule has 1 aromatic carbocycles. The largest absolute Gasteiger partial charge is 0.481 e. The molecule has 0 spiro atoms. The number of nitrogens with one attached hydrogen (secondary N) is 1. The number of carboxylic acids is 2. The number of aromatic nitrogens is 1. The maximum Gasteiger partial charge on any atom is 0.309 e. The molecule has 17 heavy (non-hydrogen) atoms. The van der Waals surface area contributed by atoms with E-state index < -0.39 is 11.9 Å². The Balaban J connectivity index is 2.45. The number of H-pyrrole nitrogens is 1. The van der Waals surface area contributed by atoms with Gasteiger partial charge in [-0.05, 0) is 17.0 Å². The fourth-order valence-corrected chi connectivity index (χ4v) is 1.85. The molecule has 0 aliphatic heterocycles. The minimum absolute atomic E-state index is 0.0790. The normalized spacial score (nSPS) is 10.6. The van der Waals surface area contributed by atoms with Crippen molar-refractivity contribution in [3.63, 3.8) is 0 Å². The fraction of sp³-hybridized carbons (Fsp3) is 0.167. The first kappa shape index (κ1) is 11.2. The Morgan fingerprint density at radius 3 is 2.47 bits per heavy atom. The Kier molecular flexibility index (Phi) is 2.82. The monoisotopic (exact) mass is 233 g/mol. The number of rotatable bonds is 4. The summed E-state index contributed by atoms with van der Waals surface area (Å²) in [6.45, 7) is 0. The first-order valence-electron chi connectivity index (χ1n) is 5.09. The number of hydrogen-bond donors (Lipinski definition) is 3. The zero-order chi connectivity index (χ0) is 12.4. The molecule has 0 aliphatic rings. The van der Waals surface area contributed by atoms with E-state index in [1.807, 2.05) is 6.07 Å². The molecule has 2 aromatic rings. The number of carboxylic acid groups (broad SMARTS) is 2. The van der Waals surface area contributed by atoms with E-state index in [0.29, 0.717) is 16.8 Å². The average molecular weight is 233 g/mol. The van der Waals surface area contributed by atoms with E-state index in [4.69, 9.17) is 10.2 Å². The quantitative estimate of drug-likeness (QED) is 0.744. The number of benzene rings is 1. The van der Waals surface area contributed by atoms with Gasteiger partial charge in [0.2, 0.25) is 0 Å². The second kappa shape index (κ2) is 4.29. The van der Waals surface area contributed by atoms with Gasteiger partial charge in [0.25, 0.3) is 0 Å². The van der Waals surface area contributed by atoms with Crippen LogP contribution in [0.5, 0.6) is 0 Å². The molecular weight excluding hydrogens is 222 g/mol. The highest BCUT2D eigenvalue weighted by molar-refractivity contribution is 5.87. The van der Waals surface area contributed by atoms with E-state index in [1.54, 1.807) is 18.2 Å². The van der Waals surface area contributed by atoms with Crippen molar-refractivity contribution in [1.29, 1.82) is 0 Å². The van der Waals surface area contributed by atoms with Crippen molar-refractivity contribution in [3.05, 3.63) is 35.5 Å². The third kappa shape index (κ3) is 2.44. The van der Waals surface area contributed by atoms with Crippen LogP contribution in [0.25, 0.3) is 10.9 Å². The van der Waals surface area contributed by atoms with E-state index in [0.717, 1.165) is 5.39 Å².